The van der Waals surface area contributed by atoms with Gasteiger partial charge in [0.05, 0.1) is 27.6 Å². The van der Waals surface area contributed by atoms with Gasteiger partial charge in [-0.05, 0) is 133 Å². The number of rotatable bonds is 12. The van der Waals surface area contributed by atoms with Gasteiger partial charge in [0.1, 0.15) is 11.4 Å². The minimum atomic E-state index is -4.39. The number of carbonyl (C=O) groups excluding carboxylic acids is 1. The van der Waals surface area contributed by atoms with Gasteiger partial charge >= 0.3 is 0 Å². The van der Waals surface area contributed by atoms with Crippen molar-refractivity contribution in [1.82, 2.24) is 14.5 Å². The molecular weight excluding hydrogens is 745 g/mol. The molecule has 2 heterocycles. The summed E-state index contributed by atoms with van der Waals surface area (Å²) in [6.07, 6.45) is 7.58. The first-order chi connectivity index (χ1) is 27.1. The van der Waals surface area contributed by atoms with E-state index in [0.717, 1.165) is 75.9 Å². The Bertz CT molecular complexity index is 2020. The summed E-state index contributed by atoms with van der Waals surface area (Å²) < 4.78 is 34.8. The van der Waals surface area contributed by atoms with E-state index in [-0.39, 0.29) is 33.9 Å². The molecule has 0 unspecified atom stereocenters. The number of nitro benzene ring substituents is 1. The highest BCUT2D eigenvalue weighted by Gasteiger charge is 2.50. The SMILES string of the molecule is CC(C)Oc1ccccc1[C@@H]1CN(C)CCN1C1CC2(CCN(c3ccc(C(=O)NS(=O)(=O)c4ccc(NCC5CCC(C)(O)CC5)c([N+](=O)[O-])c4)cc3)CC2)C1. The maximum absolute atomic E-state index is 13.2. The number of nitrogens with zero attached hydrogens (tertiary/aromatic N) is 4. The molecule has 1 spiro atoms. The largest absolute Gasteiger partial charge is 0.491 e. The van der Waals surface area contributed by atoms with E-state index in [2.05, 4.69) is 69.9 Å². The summed E-state index contributed by atoms with van der Waals surface area (Å²) in [4.78, 5) is 31.5. The number of nitro groups is 1. The van der Waals surface area contributed by atoms with Crippen LogP contribution in [-0.4, -0.2) is 98.2 Å². The Morgan fingerprint density at radius 1 is 0.982 bits per heavy atom. The summed E-state index contributed by atoms with van der Waals surface area (Å²) in [6.45, 7) is 11.3. The zero-order valence-electron chi connectivity index (χ0n) is 33.7. The van der Waals surface area contributed by atoms with E-state index in [0.29, 0.717) is 36.9 Å². The van der Waals surface area contributed by atoms with Gasteiger partial charge in [-0.2, -0.15) is 0 Å². The third-order valence-corrected chi connectivity index (χ3v) is 14.2. The van der Waals surface area contributed by atoms with Gasteiger partial charge in [-0.25, -0.2) is 13.1 Å². The van der Waals surface area contributed by atoms with E-state index in [1.54, 1.807) is 12.1 Å². The van der Waals surface area contributed by atoms with Crippen molar-refractivity contribution < 1.29 is 28.0 Å². The van der Waals surface area contributed by atoms with Crippen molar-refractivity contribution in [3.05, 3.63) is 88.0 Å². The number of anilines is 2. The number of amides is 1. The second kappa shape index (κ2) is 16.6. The molecule has 14 heteroatoms. The van der Waals surface area contributed by atoms with Crippen LogP contribution in [0.4, 0.5) is 17.1 Å². The van der Waals surface area contributed by atoms with Crippen LogP contribution in [-0.2, 0) is 10.0 Å². The molecule has 0 aromatic heterocycles. The second-order valence-electron chi connectivity index (χ2n) is 17.5. The third kappa shape index (κ3) is 9.40. The number of sulfonamides is 1. The van der Waals surface area contributed by atoms with Crippen molar-refractivity contribution in [3.63, 3.8) is 0 Å². The van der Waals surface area contributed by atoms with E-state index in [4.69, 9.17) is 4.74 Å². The van der Waals surface area contributed by atoms with Crippen LogP contribution in [0.2, 0.25) is 0 Å². The fourth-order valence-electron chi connectivity index (χ4n) is 9.39. The van der Waals surface area contributed by atoms with Gasteiger partial charge in [-0.3, -0.25) is 19.8 Å². The second-order valence-corrected chi connectivity index (χ2v) is 19.2. The van der Waals surface area contributed by atoms with Crippen LogP contribution in [0.25, 0.3) is 0 Å². The molecule has 2 aliphatic heterocycles. The molecule has 2 aliphatic carbocycles. The third-order valence-electron chi connectivity index (χ3n) is 12.9. The maximum Gasteiger partial charge on any atom is 0.293 e. The molecule has 13 nitrogen and oxygen atoms in total. The number of hydrogen-bond acceptors (Lipinski definition) is 11. The van der Waals surface area contributed by atoms with Crippen molar-refractivity contribution in [3.8, 4) is 5.75 Å². The van der Waals surface area contributed by atoms with Gasteiger partial charge in [-0.1, -0.05) is 18.2 Å². The average molecular weight is 803 g/mol. The normalized spacial score (nSPS) is 24.6. The van der Waals surface area contributed by atoms with Crippen LogP contribution < -0.4 is 19.7 Å². The molecule has 308 valence electrons. The number of ether oxygens (including phenoxy) is 1. The summed E-state index contributed by atoms with van der Waals surface area (Å²) in [6, 6.07) is 19.9. The molecular formula is C43H58N6O7S. The Balaban J connectivity index is 0.923. The number of hydrogen-bond donors (Lipinski definition) is 3. The molecule has 7 rings (SSSR count). The molecule has 2 saturated carbocycles. The average Bonchev–Trinajstić information content (AvgIpc) is 3.16. The predicted octanol–water partition coefficient (Wildman–Crippen LogP) is 6.59. The number of aliphatic hydroxyl groups is 1. The fourth-order valence-corrected chi connectivity index (χ4v) is 10.4. The van der Waals surface area contributed by atoms with E-state index in [1.807, 2.05) is 19.1 Å². The number of benzene rings is 3. The summed E-state index contributed by atoms with van der Waals surface area (Å²) in [7, 11) is -2.19. The van der Waals surface area contributed by atoms with Crippen molar-refractivity contribution in [2.75, 3.05) is 56.5 Å². The van der Waals surface area contributed by atoms with Crippen LogP contribution in [0.15, 0.2) is 71.6 Å². The fraction of sp³-hybridized carbons (Fsp3) is 0.558. The number of piperazine rings is 1. The van der Waals surface area contributed by atoms with Gasteiger partial charge in [0, 0.05) is 68.2 Å². The number of para-hydroxylation sites is 1. The van der Waals surface area contributed by atoms with Gasteiger partial charge in [-0.15, -0.1) is 0 Å². The standard InChI is InChI=1S/C43H58N6O7S/c1-30(2)56-40-8-6-5-7-36(40)39-29-46(4)23-24-48(39)34-26-43(27-34)19-21-47(22-20-43)33-11-9-32(10-12-33)41(50)45-57(54,55)35-13-14-37(38(25-35)49(52)53)44-28-31-15-17-42(3,51)18-16-31/h5-14,25,30-31,34,39,44,51H,15-24,26-29H2,1-4H3,(H,45,50)/t31?,39-,42?/m0/s1. The number of likely N-dealkylation sites (N-methyl/N-ethyl adjacent to an activating group) is 1. The van der Waals surface area contributed by atoms with Crippen molar-refractivity contribution >= 4 is 33.0 Å². The lowest BCUT2D eigenvalue weighted by Gasteiger charge is -2.58. The lowest BCUT2D eigenvalue weighted by atomic mass is 9.59. The van der Waals surface area contributed by atoms with Gasteiger partial charge < -0.3 is 25.0 Å². The molecule has 4 fully saturated rings. The first kappa shape index (κ1) is 40.9. The molecule has 3 aromatic carbocycles. The minimum Gasteiger partial charge on any atom is -0.491 e. The molecule has 1 atom stereocenters. The first-order valence-corrected chi connectivity index (χ1v) is 22.0. The van der Waals surface area contributed by atoms with Crippen molar-refractivity contribution in [2.24, 2.45) is 11.3 Å². The molecule has 4 aliphatic rings. The number of piperidine rings is 1. The van der Waals surface area contributed by atoms with E-state index < -0.39 is 26.5 Å². The maximum atomic E-state index is 13.2. The Morgan fingerprint density at radius 3 is 2.33 bits per heavy atom. The minimum absolute atomic E-state index is 0.117. The van der Waals surface area contributed by atoms with Gasteiger partial charge in [0.2, 0.25) is 0 Å². The molecule has 57 heavy (non-hydrogen) atoms. The molecule has 1 amide bonds. The van der Waals surface area contributed by atoms with Crippen molar-refractivity contribution in [1.29, 1.82) is 0 Å². The lowest BCUT2D eigenvalue weighted by molar-refractivity contribution is -0.384. The summed E-state index contributed by atoms with van der Waals surface area (Å²) in [5.74, 6) is 0.415. The molecule has 3 N–H and O–H groups in total. The van der Waals surface area contributed by atoms with E-state index in [9.17, 15) is 28.4 Å². The molecule has 0 radical (unpaired) electrons. The van der Waals surface area contributed by atoms with Crippen LogP contribution in [0.1, 0.15) is 94.1 Å². The summed E-state index contributed by atoms with van der Waals surface area (Å²) >= 11 is 0. The van der Waals surface area contributed by atoms with Crippen molar-refractivity contribution in [2.45, 2.75) is 101 Å². The van der Waals surface area contributed by atoms with Gasteiger partial charge in [0.15, 0.2) is 0 Å². The quantitative estimate of drug-likeness (QED) is 0.134. The number of nitrogens with one attached hydrogen (secondary N) is 2. The lowest BCUT2D eigenvalue weighted by Crippen LogP contribution is -2.59. The van der Waals surface area contributed by atoms with E-state index in [1.165, 1.54) is 30.5 Å². The highest BCUT2D eigenvalue weighted by atomic mass is 32.2. The summed E-state index contributed by atoms with van der Waals surface area (Å²) in [5.41, 5.74) is 1.90. The summed E-state index contributed by atoms with van der Waals surface area (Å²) in [5, 5.41) is 25.2. The Morgan fingerprint density at radius 2 is 1.67 bits per heavy atom. The van der Waals surface area contributed by atoms with Crippen LogP contribution in [0.3, 0.4) is 0 Å². The van der Waals surface area contributed by atoms with Crippen LogP contribution in [0.5, 0.6) is 5.75 Å². The van der Waals surface area contributed by atoms with E-state index >= 15 is 0 Å². The van der Waals surface area contributed by atoms with Gasteiger partial charge in [0.25, 0.3) is 21.6 Å². The monoisotopic (exact) mass is 802 g/mol. The van der Waals surface area contributed by atoms with Crippen LogP contribution >= 0.6 is 0 Å². The topological polar surface area (TPSA) is 158 Å². The molecule has 3 aromatic rings. The zero-order valence-corrected chi connectivity index (χ0v) is 34.5. The Labute approximate surface area is 337 Å². The molecule has 2 saturated heterocycles. The zero-order chi connectivity index (χ0) is 40.5. The van der Waals surface area contributed by atoms with Crippen LogP contribution in [0, 0.1) is 21.4 Å². The predicted molar refractivity (Wildman–Crippen MR) is 221 cm³/mol. The molecule has 0 bridgehead atoms. The highest BCUT2D eigenvalue weighted by molar-refractivity contribution is 7.90. The number of carbonyl (C=O) groups is 1. The smallest absolute Gasteiger partial charge is 0.293 e. The first-order valence-electron chi connectivity index (χ1n) is 20.5. The highest BCUT2D eigenvalue weighted by Crippen LogP contribution is 2.53. The Hall–Kier alpha value is -4.24. The Kier molecular flexibility index (Phi) is 11.9.